The summed E-state index contributed by atoms with van der Waals surface area (Å²) in [4.78, 5) is 4.95. The predicted molar refractivity (Wildman–Crippen MR) is 211 cm³/mol. The summed E-state index contributed by atoms with van der Waals surface area (Å²) >= 11 is 3.61. The number of allylic oxidation sites excluding steroid dienone is 5. The molecule has 7 rings (SSSR count). The Kier molecular flexibility index (Phi) is 9.97. The fraction of sp³-hybridized carbons (Fsp3) is 0.222. The van der Waals surface area contributed by atoms with Gasteiger partial charge in [0.2, 0.25) is 0 Å². The number of ether oxygens (including phenoxy) is 2. The quantitative estimate of drug-likeness (QED) is 0.120. The van der Waals surface area contributed by atoms with Crippen molar-refractivity contribution in [3.8, 4) is 28.0 Å². The van der Waals surface area contributed by atoms with Crippen LogP contribution in [-0.4, -0.2) is 5.60 Å². The molecule has 0 fully saturated rings. The first-order valence-electron chi connectivity index (χ1n) is 17.6. The highest BCUT2D eigenvalue weighted by Crippen LogP contribution is 2.55. The summed E-state index contributed by atoms with van der Waals surface area (Å²) < 4.78 is 12.4. The monoisotopic (exact) mass is 715 g/mol. The maximum absolute atomic E-state index is 10.0. The molecule has 2 aliphatic heterocycles. The Morgan fingerprint density at radius 1 is 0.788 bits per heavy atom. The van der Waals surface area contributed by atoms with E-state index in [-0.39, 0.29) is 16.9 Å². The molecule has 2 aromatic carbocycles. The van der Waals surface area contributed by atoms with Gasteiger partial charge in [-0.05, 0) is 73.4 Å². The lowest BCUT2D eigenvalue weighted by Gasteiger charge is -2.20. The van der Waals surface area contributed by atoms with Crippen molar-refractivity contribution >= 4 is 46.3 Å². The zero-order valence-corrected chi connectivity index (χ0v) is 31.0. The molecule has 4 heterocycles. The fourth-order valence-corrected chi connectivity index (χ4v) is 9.52. The largest absolute Gasteiger partial charge is 0.480 e. The normalized spacial score (nSPS) is 17.0. The van der Waals surface area contributed by atoms with Crippen molar-refractivity contribution in [2.45, 2.75) is 64.4 Å². The van der Waals surface area contributed by atoms with Gasteiger partial charge in [0.15, 0.2) is 11.3 Å². The highest BCUT2D eigenvalue weighted by atomic mass is 32.1. The van der Waals surface area contributed by atoms with Crippen LogP contribution < -0.4 is 0 Å². The van der Waals surface area contributed by atoms with Gasteiger partial charge in [0, 0.05) is 42.1 Å². The minimum absolute atomic E-state index is 0.0591. The second kappa shape index (κ2) is 14.9. The summed E-state index contributed by atoms with van der Waals surface area (Å²) in [7, 11) is 0. The molecule has 0 amide bonds. The number of benzene rings is 2. The molecule has 1 atom stereocenters. The third-order valence-corrected chi connectivity index (χ3v) is 12.0. The van der Waals surface area contributed by atoms with Crippen LogP contribution in [0.2, 0.25) is 0 Å². The van der Waals surface area contributed by atoms with Crippen LogP contribution in [0, 0.1) is 34.0 Å². The van der Waals surface area contributed by atoms with Gasteiger partial charge in [-0.2, -0.15) is 15.8 Å². The molecule has 0 bridgehead atoms. The van der Waals surface area contributed by atoms with E-state index in [1.165, 1.54) is 51.4 Å². The highest BCUT2D eigenvalue weighted by Gasteiger charge is 2.39. The molecule has 4 aromatic rings. The van der Waals surface area contributed by atoms with Gasteiger partial charge in [-0.15, -0.1) is 22.7 Å². The lowest BCUT2D eigenvalue weighted by molar-refractivity contribution is 0.0954. The molecule has 0 spiro atoms. The van der Waals surface area contributed by atoms with Crippen LogP contribution in [0.25, 0.3) is 33.4 Å². The molecule has 2 aromatic heterocycles. The Labute approximate surface area is 313 Å². The minimum atomic E-state index is -0.852. The Morgan fingerprint density at radius 2 is 1.38 bits per heavy atom. The number of thiophene rings is 2. The number of fused-ring (bicyclic) bond motifs is 3. The van der Waals surface area contributed by atoms with E-state index in [2.05, 4.69) is 67.6 Å². The first-order chi connectivity index (χ1) is 25.3. The van der Waals surface area contributed by atoms with Crippen molar-refractivity contribution in [2.24, 2.45) is 0 Å². The molecule has 3 aliphatic rings. The van der Waals surface area contributed by atoms with E-state index >= 15 is 0 Å². The third-order valence-electron chi connectivity index (χ3n) is 9.58. The van der Waals surface area contributed by atoms with Gasteiger partial charge < -0.3 is 9.47 Å². The molecule has 0 radical (unpaired) electrons. The zero-order chi connectivity index (χ0) is 36.2. The van der Waals surface area contributed by atoms with Crippen molar-refractivity contribution in [1.82, 2.24) is 0 Å². The van der Waals surface area contributed by atoms with Crippen LogP contribution >= 0.6 is 22.7 Å². The lowest BCUT2D eigenvalue weighted by atomic mass is 9.92. The van der Waals surface area contributed by atoms with Crippen molar-refractivity contribution in [3.63, 3.8) is 0 Å². The molecular weight excluding hydrogens is 679 g/mol. The van der Waals surface area contributed by atoms with Crippen LogP contribution in [0.15, 0.2) is 119 Å². The average molecular weight is 716 g/mol. The predicted octanol–water partition coefficient (Wildman–Crippen LogP) is 12.3. The van der Waals surface area contributed by atoms with Gasteiger partial charge in [0.25, 0.3) is 0 Å². The van der Waals surface area contributed by atoms with E-state index in [0.29, 0.717) is 11.5 Å². The molecule has 0 saturated carbocycles. The number of nitrogens with zero attached hydrogens (tertiary/aromatic N) is 3. The molecule has 7 heteroatoms. The molecule has 0 saturated heterocycles. The van der Waals surface area contributed by atoms with Gasteiger partial charge in [-0.25, -0.2) is 0 Å². The average Bonchev–Trinajstić information content (AvgIpc) is 3.89. The van der Waals surface area contributed by atoms with Gasteiger partial charge in [-0.1, -0.05) is 99.3 Å². The van der Waals surface area contributed by atoms with Crippen LogP contribution in [0.5, 0.6) is 0 Å². The first-order valence-corrected chi connectivity index (χ1v) is 19.2. The van der Waals surface area contributed by atoms with Crippen LogP contribution in [0.1, 0.15) is 90.8 Å². The Morgan fingerprint density at radius 3 is 1.96 bits per heavy atom. The number of rotatable bonds is 10. The maximum atomic E-state index is 10.0. The number of unbranched alkanes of at least 4 members (excludes halogenated alkanes) is 3. The lowest BCUT2D eigenvalue weighted by Crippen LogP contribution is -2.20. The maximum Gasteiger partial charge on any atom is 0.172 e. The Hall–Kier alpha value is -5.65. The molecule has 52 heavy (non-hydrogen) atoms. The van der Waals surface area contributed by atoms with Crippen molar-refractivity contribution in [2.75, 3.05) is 0 Å². The van der Waals surface area contributed by atoms with Gasteiger partial charge in [0.05, 0.1) is 0 Å². The van der Waals surface area contributed by atoms with E-state index in [0.717, 1.165) is 39.5 Å². The first kappa shape index (κ1) is 34.8. The molecule has 1 aliphatic carbocycles. The van der Waals surface area contributed by atoms with Gasteiger partial charge in [0.1, 0.15) is 40.9 Å². The van der Waals surface area contributed by atoms with E-state index in [4.69, 9.17) is 9.47 Å². The minimum Gasteiger partial charge on any atom is -0.480 e. The fourth-order valence-electron chi connectivity index (χ4n) is 7.04. The second-order valence-electron chi connectivity index (χ2n) is 13.5. The number of hydrogen-bond donors (Lipinski definition) is 0. The SMILES string of the molecule is CCCCCCC1c2cc(C=C3C=C(c4ccccc4)OC(c4ccccc4)=C3)sc2-c2sc(/C=C/C3=C(C#N)C(=C(C#N)C#N)OC3(C)C)cc21. The van der Waals surface area contributed by atoms with Crippen molar-refractivity contribution < 1.29 is 9.47 Å². The van der Waals surface area contributed by atoms with Crippen molar-refractivity contribution in [1.29, 1.82) is 15.8 Å². The summed E-state index contributed by atoms with van der Waals surface area (Å²) in [6.07, 6.45) is 16.4. The Bertz CT molecular complexity index is 2270. The van der Waals surface area contributed by atoms with E-state index in [9.17, 15) is 15.8 Å². The molecule has 5 nitrogen and oxygen atoms in total. The van der Waals surface area contributed by atoms with Crippen LogP contribution in [-0.2, 0) is 9.47 Å². The molecule has 0 N–H and O–H groups in total. The van der Waals surface area contributed by atoms with Crippen molar-refractivity contribution in [3.05, 3.63) is 151 Å². The summed E-state index contributed by atoms with van der Waals surface area (Å²) in [5.41, 5.74) is 5.79. The third kappa shape index (κ3) is 6.84. The van der Waals surface area contributed by atoms with Crippen LogP contribution in [0.3, 0.4) is 0 Å². The van der Waals surface area contributed by atoms with Gasteiger partial charge in [-0.3, -0.25) is 0 Å². The summed E-state index contributed by atoms with van der Waals surface area (Å²) in [6.45, 7) is 5.95. The smallest absolute Gasteiger partial charge is 0.172 e. The zero-order valence-electron chi connectivity index (χ0n) is 29.4. The summed E-state index contributed by atoms with van der Waals surface area (Å²) in [5.74, 6) is 2.04. The highest BCUT2D eigenvalue weighted by molar-refractivity contribution is 7.23. The topological polar surface area (TPSA) is 89.8 Å². The standard InChI is InChI=1S/C45H37N3O2S2/c1-4-5-6-13-18-35-36-24-33(19-20-39-38(28-48)42(32(26-46)27-47)50-45(39,2)3)51-43(36)44-37(35)25-34(52-44)21-29-22-40(30-14-9-7-10-15-30)49-41(23-29)31-16-11-8-12-17-31/h7-12,14-17,19-25,35H,4-6,13,18H2,1-3H3/b20-19+. The number of hydrogen-bond acceptors (Lipinski definition) is 7. The van der Waals surface area contributed by atoms with E-state index in [1.54, 1.807) is 11.3 Å². The molecule has 256 valence electrons. The molecular formula is C45H37N3O2S2. The summed E-state index contributed by atoms with van der Waals surface area (Å²) in [5, 5.41) is 28.9. The molecule has 1 unspecified atom stereocenters. The van der Waals surface area contributed by atoms with Gasteiger partial charge >= 0.3 is 0 Å². The van der Waals surface area contributed by atoms with Crippen LogP contribution in [0.4, 0.5) is 0 Å². The summed E-state index contributed by atoms with van der Waals surface area (Å²) in [6, 6.07) is 31.1. The second-order valence-corrected chi connectivity index (χ2v) is 15.7. The number of nitriles is 3. The van der Waals surface area contributed by atoms with E-state index in [1.807, 2.05) is 85.9 Å². The Balaban J connectivity index is 1.26. The van der Waals surface area contributed by atoms with E-state index < -0.39 is 5.60 Å².